The third-order valence-corrected chi connectivity index (χ3v) is 8.96. The van der Waals surface area contributed by atoms with Gasteiger partial charge in [0.15, 0.2) is 0 Å². The summed E-state index contributed by atoms with van der Waals surface area (Å²) in [4.78, 5) is 0. The van der Waals surface area contributed by atoms with Crippen molar-refractivity contribution in [2.24, 2.45) is 0 Å². The maximum Gasteiger partial charge on any atom is 0.0896 e. The number of hydrogen-bond donors (Lipinski definition) is 2. The Kier molecular flexibility index (Phi) is 7.96. The molecule has 0 heterocycles. The molecule has 0 radical (unpaired) electrons. The number of aliphatic hydroxyl groups excluding tert-OH is 2. The van der Waals surface area contributed by atoms with E-state index in [-0.39, 0.29) is 18.0 Å². The summed E-state index contributed by atoms with van der Waals surface area (Å²) in [6.07, 6.45) is 2.94. The standard InChI is InChI=1S/C12H26O3S2/c1-5-11(6-2,9-13)16-17(15)12(7-3,8-4)10-14/h13-14H,5-10H2,1-4H3/t17-/m0/s1. The fourth-order valence-corrected chi connectivity index (χ4v) is 6.22. The van der Waals surface area contributed by atoms with E-state index in [0.29, 0.717) is 12.8 Å². The molecule has 17 heavy (non-hydrogen) atoms. The molecule has 5 heteroatoms. The van der Waals surface area contributed by atoms with Gasteiger partial charge in [0, 0.05) is 0 Å². The van der Waals surface area contributed by atoms with Gasteiger partial charge in [-0.2, -0.15) is 0 Å². The Morgan fingerprint density at radius 2 is 1.41 bits per heavy atom. The summed E-state index contributed by atoms with van der Waals surface area (Å²) < 4.78 is 11.6. The van der Waals surface area contributed by atoms with Crippen LogP contribution >= 0.6 is 10.8 Å². The summed E-state index contributed by atoms with van der Waals surface area (Å²) in [7, 11) is 0.156. The van der Waals surface area contributed by atoms with Crippen molar-refractivity contribution in [2.75, 3.05) is 13.2 Å². The van der Waals surface area contributed by atoms with Crippen LogP contribution < -0.4 is 0 Å². The zero-order valence-electron chi connectivity index (χ0n) is 11.4. The van der Waals surface area contributed by atoms with Gasteiger partial charge in [-0.1, -0.05) is 38.5 Å². The van der Waals surface area contributed by atoms with Crippen LogP contribution in [0.15, 0.2) is 0 Å². The lowest BCUT2D eigenvalue weighted by Crippen LogP contribution is -2.39. The van der Waals surface area contributed by atoms with Crippen molar-refractivity contribution in [1.29, 1.82) is 0 Å². The van der Waals surface area contributed by atoms with Gasteiger partial charge >= 0.3 is 0 Å². The topological polar surface area (TPSA) is 57.5 Å². The predicted octanol–water partition coefficient (Wildman–Crippen LogP) is 2.49. The smallest absolute Gasteiger partial charge is 0.0896 e. The van der Waals surface area contributed by atoms with E-state index < -0.39 is 14.6 Å². The molecule has 0 unspecified atom stereocenters. The van der Waals surface area contributed by atoms with E-state index in [0.717, 1.165) is 12.8 Å². The molecule has 0 spiro atoms. The molecule has 0 saturated heterocycles. The predicted molar refractivity (Wildman–Crippen MR) is 76.5 cm³/mol. The minimum Gasteiger partial charge on any atom is -0.395 e. The maximum atomic E-state index is 12.5. The van der Waals surface area contributed by atoms with Crippen LogP contribution in [0.2, 0.25) is 0 Å². The van der Waals surface area contributed by atoms with E-state index in [2.05, 4.69) is 0 Å². The summed E-state index contributed by atoms with van der Waals surface area (Å²) in [5, 5.41) is 19.0. The van der Waals surface area contributed by atoms with Gasteiger partial charge < -0.3 is 10.2 Å². The van der Waals surface area contributed by atoms with Crippen molar-refractivity contribution >= 4 is 20.6 Å². The zero-order valence-corrected chi connectivity index (χ0v) is 13.0. The average Bonchev–Trinajstić information content (AvgIpc) is 2.39. The first-order chi connectivity index (χ1) is 7.99. The summed E-state index contributed by atoms with van der Waals surface area (Å²) in [5.74, 6) is 0. The molecule has 0 aliphatic rings. The Labute approximate surface area is 111 Å². The van der Waals surface area contributed by atoms with Gasteiger partial charge in [0.2, 0.25) is 0 Å². The number of rotatable bonds is 9. The van der Waals surface area contributed by atoms with Crippen LogP contribution in [0.5, 0.6) is 0 Å². The Balaban J connectivity index is 4.92. The first kappa shape index (κ1) is 17.4. The summed E-state index contributed by atoms with van der Waals surface area (Å²) >= 11 is 0. The van der Waals surface area contributed by atoms with Crippen molar-refractivity contribution in [3.8, 4) is 0 Å². The van der Waals surface area contributed by atoms with Gasteiger partial charge in [0.1, 0.15) is 0 Å². The third-order valence-electron chi connectivity index (χ3n) is 3.76. The van der Waals surface area contributed by atoms with Crippen LogP contribution in [-0.2, 0) is 9.83 Å². The van der Waals surface area contributed by atoms with Crippen LogP contribution in [0.4, 0.5) is 0 Å². The van der Waals surface area contributed by atoms with Crippen molar-refractivity contribution in [3.05, 3.63) is 0 Å². The molecule has 0 aromatic rings. The van der Waals surface area contributed by atoms with Crippen LogP contribution in [0.3, 0.4) is 0 Å². The van der Waals surface area contributed by atoms with E-state index in [1.54, 1.807) is 0 Å². The second-order valence-corrected chi connectivity index (χ2v) is 8.19. The van der Waals surface area contributed by atoms with Crippen LogP contribution in [0, 0.1) is 0 Å². The van der Waals surface area contributed by atoms with Gasteiger partial charge in [-0.25, -0.2) is 4.21 Å². The van der Waals surface area contributed by atoms with E-state index in [9.17, 15) is 14.4 Å². The summed E-state index contributed by atoms with van der Waals surface area (Å²) in [6, 6.07) is 0. The molecule has 0 rings (SSSR count). The van der Waals surface area contributed by atoms with Gasteiger partial charge in [0.05, 0.1) is 32.5 Å². The summed E-state index contributed by atoms with van der Waals surface area (Å²) in [5.41, 5.74) is 0. The second-order valence-electron chi connectivity index (χ2n) is 4.41. The molecule has 1 atom stereocenters. The van der Waals surface area contributed by atoms with Crippen LogP contribution in [0.25, 0.3) is 0 Å². The highest BCUT2D eigenvalue weighted by Crippen LogP contribution is 2.41. The first-order valence-corrected chi connectivity index (χ1v) is 8.81. The molecule has 2 N–H and O–H groups in total. The van der Waals surface area contributed by atoms with Crippen molar-refractivity contribution in [3.63, 3.8) is 0 Å². The van der Waals surface area contributed by atoms with Gasteiger partial charge in [0.25, 0.3) is 0 Å². The van der Waals surface area contributed by atoms with Crippen molar-refractivity contribution in [1.82, 2.24) is 0 Å². The third kappa shape index (κ3) is 3.94. The van der Waals surface area contributed by atoms with Gasteiger partial charge in [-0.15, -0.1) is 0 Å². The van der Waals surface area contributed by atoms with E-state index in [1.165, 1.54) is 10.8 Å². The zero-order chi connectivity index (χ0) is 13.5. The molecule has 0 saturated carbocycles. The van der Waals surface area contributed by atoms with Crippen LogP contribution in [-0.4, -0.2) is 37.1 Å². The van der Waals surface area contributed by atoms with E-state index in [1.807, 2.05) is 27.7 Å². The largest absolute Gasteiger partial charge is 0.395 e. The lowest BCUT2D eigenvalue weighted by molar-refractivity contribution is 0.236. The number of aliphatic hydroxyl groups is 2. The molecule has 3 nitrogen and oxygen atoms in total. The SMILES string of the molecule is CCC(CC)(CO)S[S@](=O)C(CC)(CC)CO. The number of hydrogen-bond acceptors (Lipinski definition) is 4. The molecule has 0 amide bonds. The minimum absolute atomic E-state index is 0.0331. The Bertz CT molecular complexity index is 219. The Morgan fingerprint density at radius 1 is 0.941 bits per heavy atom. The van der Waals surface area contributed by atoms with Gasteiger partial charge in [-0.05, 0) is 25.7 Å². The molecular formula is C12H26O3S2. The Morgan fingerprint density at radius 3 is 1.65 bits per heavy atom. The van der Waals surface area contributed by atoms with Crippen molar-refractivity contribution in [2.45, 2.75) is 62.9 Å². The quantitative estimate of drug-likeness (QED) is 0.638. The molecule has 0 aliphatic heterocycles. The average molecular weight is 282 g/mol. The molecule has 104 valence electrons. The molecule has 0 aliphatic carbocycles. The minimum atomic E-state index is -1.18. The monoisotopic (exact) mass is 282 g/mol. The first-order valence-electron chi connectivity index (χ1n) is 6.32. The molecule has 0 fully saturated rings. The molecule has 0 bridgehead atoms. The fraction of sp³-hybridized carbons (Fsp3) is 1.00. The molecule has 0 aromatic carbocycles. The molecular weight excluding hydrogens is 256 g/mol. The maximum absolute atomic E-state index is 12.5. The van der Waals surface area contributed by atoms with E-state index in [4.69, 9.17) is 0 Å². The fourth-order valence-electron chi connectivity index (χ4n) is 1.63. The van der Waals surface area contributed by atoms with Crippen LogP contribution in [0.1, 0.15) is 53.4 Å². The highest BCUT2D eigenvalue weighted by atomic mass is 33.1. The summed E-state index contributed by atoms with van der Waals surface area (Å²) in [6.45, 7) is 7.89. The Hall–Kier alpha value is 0.420. The lowest BCUT2D eigenvalue weighted by atomic mass is 10.0. The second kappa shape index (κ2) is 7.77. The highest BCUT2D eigenvalue weighted by Gasteiger charge is 2.39. The van der Waals surface area contributed by atoms with E-state index >= 15 is 0 Å². The lowest BCUT2D eigenvalue weighted by Gasteiger charge is -2.34. The normalized spacial score (nSPS) is 14.9. The molecule has 0 aromatic heterocycles. The van der Waals surface area contributed by atoms with Gasteiger partial charge in [-0.3, -0.25) is 0 Å². The highest BCUT2D eigenvalue weighted by molar-refractivity contribution is 8.70. The van der Waals surface area contributed by atoms with Crippen molar-refractivity contribution < 1.29 is 14.4 Å².